The Morgan fingerprint density at radius 1 is 0.750 bits per heavy atom. The maximum atomic E-state index is 4.88. The molecule has 0 amide bonds. The summed E-state index contributed by atoms with van der Waals surface area (Å²) in [5, 5.41) is 0. The van der Waals surface area contributed by atoms with Gasteiger partial charge in [0.25, 0.3) is 0 Å². The van der Waals surface area contributed by atoms with Gasteiger partial charge in [0.15, 0.2) is 5.71 Å². The van der Waals surface area contributed by atoms with Crippen molar-refractivity contribution in [2.24, 2.45) is 0 Å². The summed E-state index contributed by atoms with van der Waals surface area (Å²) in [5.74, 6) is 0. The third kappa shape index (κ3) is 2.47. The summed E-state index contributed by atoms with van der Waals surface area (Å²) in [6.45, 7) is 4.57. The molecule has 136 valence electrons. The molecule has 0 fully saturated rings. The van der Waals surface area contributed by atoms with Crippen LogP contribution in [0.3, 0.4) is 0 Å². The van der Waals surface area contributed by atoms with E-state index in [9.17, 15) is 0 Å². The van der Waals surface area contributed by atoms with Gasteiger partial charge in [0.1, 0.15) is 7.05 Å². The molecule has 0 radical (unpaired) electrons. The van der Waals surface area contributed by atoms with Crippen molar-refractivity contribution in [3.05, 3.63) is 83.9 Å². The first-order valence-corrected chi connectivity index (χ1v) is 9.60. The van der Waals surface area contributed by atoms with Crippen LogP contribution >= 0.6 is 0 Å². The maximum absolute atomic E-state index is 4.88. The zero-order chi connectivity index (χ0) is 19.3. The molecule has 0 spiro atoms. The largest absolute Gasteiger partial charge is 0.244 e. The molecule has 3 nitrogen and oxygen atoms in total. The first-order valence-electron chi connectivity index (χ1n) is 9.60. The van der Waals surface area contributed by atoms with Gasteiger partial charge in [0.05, 0.1) is 27.5 Å². The number of fused-ring (bicyclic) bond motifs is 3. The normalized spacial score (nSPS) is 15.7. The number of allylic oxidation sites excluding steroid dienone is 1. The minimum absolute atomic E-state index is 0.0369. The molecule has 1 aliphatic rings. The second-order valence-corrected chi connectivity index (χ2v) is 7.85. The van der Waals surface area contributed by atoms with E-state index in [0.29, 0.717) is 0 Å². The number of hydrogen-bond acceptors (Lipinski definition) is 2. The van der Waals surface area contributed by atoms with E-state index in [0.717, 1.165) is 27.6 Å². The average Bonchev–Trinajstić information content (AvgIpc) is 2.91. The number of aromatic nitrogens is 2. The molecule has 3 heteroatoms. The van der Waals surface area contributed by atoms with Crippen molar-refractivity contribution in [3.8, 4) is 0 Å². The number of para-hydroxylation sites is 4. The monoisotopic (exact) mass is 364 g/mol. The summed E-state index contributed by atoms with van der Waals surface area (Å²) < 4.78 is 2.29. The molecule has 0 saturated heterocycles. The highest BCUT2D eigenvalue weighted by atomic mass is 15.0. The van der Waals surface area contributed by atoms with Gasteiger partial charge < -0.3 is 0 Å². The second kappa shape index (κ2) is 6.10. The van der Waals surface area contributed by atoms with E-state index in [1.807, 2.05) is 36.4 Å². The van der Waals surface area contributed by atoms with Crippen molar-refractivity contribution in [2.75, 3.05) is 7.05 Å². The third-order valence-corrected chi connectivity index (χ3v) is 5.76. The molecule has 0 unspecified atom stereocenters. The van der Waals surface area contributed by atoms with Crippen molar-refractivity contribution in [1.82, 2.24) is 9.97 Å². The lowest BCUT2D eigenvalue weighted by Gasteiger charge is -2.15. The first kappa shape index (κ1) is 16.8. The topological polar surface area (TPSA) is 28.8 Å². The van der Waals surface area contributed by atoms with Crippen LogP contribution in [0.4, 0.5) is 5.69 Å². The zero-order valence-corrected chi connectivity index (χ0v) is 16.3. The van der Waals surface area contributed by atoms with E-state index >= 15 is 0 Å². The fourth-order valence-electron chi connectivity index (χ4n) is 4.27. The average molecular weight is 364 g/mol. The Hall–Kier alpha value is -3.33. The summed E-state index contributed by atoms with van der Waals surface area (Å²) >= 11 is 0. The van der Waals surface area contributed by atoms with E-state index in [-0.39, 0.29) is 5.41 Å². The van der Waals surface area contributed by atoms with E-state index in [2.05, 4.69) is 68.0 Å². The first-order chi connectivity index (χ1) is 13.6. The highest BCUT2D eigenvalue weighted by Crippen LogP contribution is 2.39. The molecule has 3 aromatic carbocycles. The van der Waals surface area contributed by atoms with Gasteiger partial charge in [-0.15, -0.1) is 0 Å². The molecule has 5 rings (SSSR count). The van der Waals surface area contributed by atoms with Crippen molar-refractivity contribution in [3.63, 3.8) is 0 Å². The van der Waals surface area contributed by atoms with Gasteiger partial charge in [-0.3, -0.25) is 0 Å². The number of nitrogens with zero attached hydrogens (tertiary/aromatic N) is 3. The summed E-state index contributed by atoms with van der Waals surface area (Å²) in [6.07, 6.45) is 4.40. The predicted molar refractivity (Wildman–Crippen MR) is 116 cm³/mol. The zero-order valence-electron chi connectivity index (χ0n) is 16.3. The van der Waals surface area contributed by atoms with Crippen molar-refractivity contribution in [2.45, 2.75) is 19.3 Å². The minimum Gasteiger partial charge on any atom is -0.244 e. The van der Waals surface area contributed by atoms with Gasteiger partial charge in [-0.2, -0.15) is 4.58 Å². The van der Waals surface area contributed by atoms with Crippen molar-refractivity contribution < 1.29 is 4.58 Å². The van der Waals surface area contributed by atoms with Crippen LogP contribution in [0.5, 0.6) is 0 Å². The Balaban J connectivity index is 1.64. The van der Waals surface area contributed by atoms with Crippen LogP contribution in [0, 0.1) is 0 Å². The number of benzene rings is 3. The maximum Gasteiger partial charge on any atom is 0.209 e. The highest BCUT2D eigenvalue weighted by Gasteiger charge is 2.42. The molecule has 1 aromatic heterocycles. The van der Waals surface area contributed by atoms with E-state index < -0.39 is 0 Å². The minimum atomic E-state index is -0.0369. The Labute approximate surface area is 164 Å². The quantitative estimate of drug-likeness (QED) is 0.347. The lowest BCUT2D eigenvalue weighted by Crippen LogP contribution is -2.26. The second-order valence-electron chi connectivity index (χ2n) is 7.85. The van der Waals surface area contributed by atoms with Gasteiger partial charge in [-0.25, -0.2) is 9.97 Å². The lowest BCUT2D eigenvalue weighted by atomic mass is 9.81. The smallest absolute Gasteiger partial charge is 0.209 e. The van der Waals surface area contributed by atoms with Crippen molar-refractivity contribution >= 4 is 39.5 Å². The predicted octanol–water partition coefficient (Wildman–Crippen LogP) is 5.50. The van der Waals surface area contributed by atoms with Gasteiger partial charge in [0, 0.05) is 23.3 Å². The molecule has 1 aliphatic heterocycles. The fourth-order valence-corrected chi connectivity index (χ4v) is 4.27. The van der Waals surface area contributed by atoms with Crippen molar-refractivity contribution in [1.29, 1.82) is 0 Å². The Morgan fingerprint density at radius 2 is 1.43 bits per heavy atom. The third-order valence-electron chi connectivity index (χ3n) is 5.76. The fraction of sp³-hybridized carbons (Fsp3) is 0.160. The summed E-state index contributed by atoms with van der Waals surface area (Å²) in [7, 11) is 2.14. The van der Waals surface area contributed by atoms with Gasteiger partial charge >= 0.3 is 0 Å². The summed E-state index contributed by atoms with van der Waals surface area (Å²) in [5.41, 5.74) is 8.68. The van der Waals surface area contributed by atoms with Gasteiger partial charge in [-0.05, 0) is 38.1 Å². The van der Waals surface area contributed by atoms with Crippen LogP contribution in [0.2, 0.25) is 0 Å². The summed E-state index contributed by atoms with van der Waals surface area (Å²) in [6, 6.07) is 22.8. The van der Waals surface area contributed by atoms with E-state index in [4.69, 9.17) is 9.97 Å². The molecule has 0 bridgehead atoms. The molecule has 0 N–H and O–H groups in total. The van der Waals surface area contributed by atoms with Gasteiger partial charge in [0.2, 0.25) is 5.69 Å². The molecule has 0 aliphatic carbocycles. The van der Waals surface area contributed by atoms with E-state index in [1.54, 1.807) is 0 Å². The molecule has 0 saturated carbocycles. The Bertz CT molecular complexity index is 1300. The van der Waals surface area contributed by atoms with Gasteiger partial charge in [-0.1, -0.05) is 42.5 Å². The van der Waals surface area contributed by atoms with Crippen LogP contribution in [0.25, 0.3) is 28.1 Å². The molecule has 4 aromatic rings. The van der Waals surface area contributed by atoms with Crippen LogP contribution in [-0.2, 0) is 5.41 Å². The molecule has 2 heterocycles. The Kier molecular flexibility index (Phi) is 3.66. The Morgan fingerprint density at radius 3 is 2.21 bits per heavy atom. The van der Waals surface area contributed by atoms with Crippen LogP contribution < -0.4 is 0 Å². The van der Waals surface area contributed by atoms with E-state index in [1.165, 1.54) is 17.0 Å². The SMILES string of the molecule is C[N+]1=C(/C=C/c2cccc3nc4ccccc4nc23)C(C)(C)c2ccccc21. The number of hydrogen-bond donors (Lipinski definition) is 0. The van der Waals surface area contributed by atoms with Crippen LogP contribution in [-0.4, -0.2) is 27.3 Å². The standard InChI is InChI=1S/C25H22N3/c1-25(2)18-10-4-7-14-22(18)28(3)23(25)16-15-17-9-8-13-21-24(17)27-20-12-6-5-11-19(20)26-21/h4-16H,1-3H3/q+1. The molecule has 28 heavy (non-hydrogen) atoms. The molecular weight excluding hydrogens is 342 g/mol. The summed E-state index contributed by atoms with van der Waals surface area (Å²) in [4.78, 5) is 9.66. The van der Waals surface area contributed by atoms with Crippen LogP contribution in [0.15, 0.2) is 72.8 Å². The highest BCUT2D eigenvalue weighted by molar-refractivity contribution is 6.06. The number of rotatable bonds is 2. The molecular formula is C25H22N3+. The lowest BCUT2D eigenvalue weighted by molar-refractivity contribution is -0.401. The van der Waals surface area contributed by atoms with Crippen LogP contribution in [0.1, 0.15) is 25.0 Å². The molecule has 0 atom stereocenters.